The second kappa shape index (κ2) is 5.23. The molecule has 106 valence electrons. The van der Waals surface area contributed by atoms with E-state index in [9.17, 15) is 14.0 Å². The van der Waals surface area contributed by atoms with Gasteiger partial charge in [0.1, 0.15) is 5.82 Å². The summed E-state index contributed by atoms with van der Waals surface area (Å²) < 4.78 is 12.8. The molecule has 0 radical (unpaired) electrons. The van der Waals surface area contributed by atoms with E-state index in [1.54, 1.807) is 17.0 Å². The van der Waals surface area contributed by atoms with Crippen LogP contribution < -0.4 is 0 Å². The maximum atomic E-state index is 12.8. The fraction of sp³-hybridized carbons (Fsp3) is 0.467. The average molecular weight is 276 g/mol. The minimum atomic E-state index is -0.311. The smallest absolute Gasteiger partial charge is 0.242 e. The molecular weight excluding hydrogens is 259 g/mol. The molecule has 1 heterocycles. The van der Waals surface area contributed by atoms with Crippen LogP contribution in [-0.4, -0.2) is 47.3 Å². The van der Waals surface area contributed by atoms with Crippen molar-refractivity contribution >= 4 is 11.8 Å². The molecule has 5 heteroatoms. The fourth-order valence-corrected chi connectivity index (χ4v) is 2.56. The zero-order valence-electron chi connectivity index (χ0n) is 11.2. The van der Waals surface area contributed by atoms with Crippen LogP contribution in [0.25, 0.3) is 0 Å². The molecule has 0 spiro atoms. The molecule has 0 N–H and O–H groups in total. The van der Waals surface area contributed by atoms with Gasteiger partial charge < -0.3 is 9.80 Å². The molecule has 2 amide bonds. The third-order valence-electron chi connectivity index (χ3n) is 3.87. The normalized spacial score (nSPS) is 19.4. The summed E-state index contributed by atoms with van der Waals surface area (Å²) in [5, 5.41) is 0. The number of carbonyl (C=O) groups is 2. The molecule has 1 aliphatic heterocycles. The summed E-state index contributed by atoms with van der Waals surface area (Å²) in [7, 11) is 0. The molecule has 2 fully saturated rings. The SMILES string of the molecule is O=C(Cc1ccc(F)cc1)N1CCN(C2CC2)C(=O)C1. The van der Waals surface area contributed by atoms with E-state index < -0.39 is 0 Å². The number of piperazine rings is 1. The molecular formula is C15H17FN2O2. The van der Waals surface area contributed by atoms with Gasteiger partial charge >= 0.3 is 0 Å². The van der Waals surface area contributed by atoms with Gasteiger partial charge in [-0.1, -0.05) is 12.1 Å². The van der Waals surface area contributed by atoms with Gasteiger partial charge in [0, 0.05) is 19.1 Å². The van der Waals surface area contributed by atoms with Gasteiger partial charge in [-0.15, -0.1) is 0 Å². The van der Waals surface area contributed by atoms with E-state index in [1.165, 1.54) is 12.1 Å². The molecule has 0 unspecified atom stereocenters. The van der Waals surface area contributed by atoms with Crippen molar-refractivity contribution in [1.82, 2.24) is 9.80 Å². The summed E-state index contributed by atoms with van der Waals surface area (Å²) in [4.78, 5) is 27.6. The number of benzene rings is 1. The molecule has 0 aromatic heterocycles. The van der Waals surface area contributed by atoms with Gasteiger partial charge in [-0.05, 0) is 30.5 Å². The van der Waals surface area contributed by atoms with Crippen LogP contribution >= 0.6 is 0 Å². The van der Waals surface area contributed by atoms with Gasteiger partial charge in [0.25, 0.3) is 0 Å². The lowest BCUT2D eigenvalue weighted by Gasteiger charge is -2.34. The Morgan fingerprint density at radius 2 is 1.90 bits per heavy atom. The molecule has 1 saturated heterocycles. The van der Waals surface area contributed by atoms with Crippen LogP contribution in [0.3, 0.4) is 0 Å². The number of hydrogen-bond acceptors (Lipinski definition) is 2. The second-order valence-corrected chi connectivity index (χ2v) is 5.44. The third kappa shape index (κ3) is 2.81. The Labute approximate surface area is 117 Å². The van der Waals surface area contributed by atoms with E-state index in [-0.39, 0.29) is 30.6 Å². The predicted octanol–water partition coefficient (Wildman–Crippen LogP) is 1.20. The summed E-state index contributed by atoms with van der Waals surface area (Å²) in [6.45, 7) is 1.41. The molecule has 2 aliphatic rings. The first-order valence-corrected chi connectivity index (χ1v) is 6.95. The monoisotopic (exact) mass is 276 g/mol. The lowest BCUT2D eigenvalue weighted by molar-refractivity contribution is -0.145. The summed E-state index contributed by atoms with van der Waals surface area (Å²) in [5.41, 5.74) is 0.772. The van der Waals surface area contributed by atoms with Crippen molar-refractivity contribution < 1.29 is 14.0 Å². The Kier molecular flexibility index (Phi) is 3.42. The lowest BCUT2D eigenvalue weighted by atomic mass is 10.1. The zero-order chi connectivity index (χ0) is 14.1. The Bertz CT molecular complexity index is 525. The van der Waals surface area contributed by atoms with Crippen molar-refractivity contribution in [3.05, 3.63) is 35.6 Å². The van der Waals surface area contributed by atoms with Crippen molar-refractivity contribution in [2.75, 3.05) is 19.6 Å². The Hall–Kier alpha value is -1.91. The van der Waals surface area contributed by atoms with E-state index in [4.69, 9.17) is 0 Å². The highest BCUT2D eigenvalue weighted by molar-refractivity contribution is 5.87. The van der Waals surface area contributed by atoms with Gasteiger partial charge in [-0.25, -0.2) is 4.39 Å². The van der Waals surface area contributed by atoms with E-state index in [1.807, 2.05) is 4.90 Å². The molecule has 20 heavy (non-hydrogen) atoms. The van der Waals surface area contributed by atoms with Crippen LogP contribution in [-0.2, 0) is 16.0 Å². The van der Waals surface area contributed by atoms with Gasteiger partial charge in [0.05, 0.1) is 13.0 Å². The minimum Gasteiger partial charge on any atom is -0.336 e. The van der Waals surface area contributed by atoms with Crippen LogP contribution in [0.5, 0.6) is 0 Å². The summed E-state index contributed by atoms with van der Waals surface area (Å²) in [6, 6.07) is 6.32. The largest absolute Gasteiger partial charge is 0.336 e. The van der Waals surface area contributed by atoms with Crippen LogP contribution in [0.2, 0.25) is 0 Å². The first-order valence-electron chi connectivity index (χ1n) is 6.95. The highest BCUT2D eigenvalue weighted by Crippen LogP contribution is 2.28. The van der Waals surface area contributed by atoms with Crippen molar-refractivity contribution in [1.29, 1.82) is 0 Å². The number of rotatable bonds is 3. The first-order chi connectivity index (χ1) is 9.63. The number of halogens is 1. The van der Waals surface area contributed by atoms with Crippen LogP contribution in [0, 0.1) is 5.82 Å². The van der Waals surface area contributed by atoms with Crippen molar-refractivity contribution in [2.45, 2.75) is 25.3 Å². The average Bonchev–Trinajstić information content (AvgIpc) is 3.25. The minimum absolute atomic E-state index is 0.0474. The quantitative estimate of drug-likeness (QED) is 0.832. The first kappa shape index (κ1) is 13.1. The molecule has 1 aromatic rings. The van der Waals surface area contributed by atoms with Crippen LogP contribution in [0.15, 0.2) is 24.3 Å². The molecule has 4 nitrogen and oxygen atoms in total. The van der Waals surface area contributed by atoms with E-state index in [0.717, 1.165) is 18.4 Å². The Morgan fingerprint density at radius 3 is 2.50 bits per heavy atom. The topological polar surface area (TPSA) is 40.6 Å². The van der Waals surface area contributed by atoms with E-state index in [0.29, 0.717) is 19.1 Å². The maximum absolute atomic E-state index is 12.8. The number of amides is 2. The van der Waals surface area contributed by atoms with Gasteiger partial charge in [0.2, 0.25) is 11.8 Å². The molecule has 1 aliphatic carbocycles. The van der Waals surface area contributed by atoms with E-state index in [2.05, 4.69) is 0 Å². The standard InChI is InChI=1S/C15H17FN2O2/c16-12-3-1-11(2-4-12)9-14(19)17-7-8-18(13-5-6-13)15(20)10-17/h1-4,13H,5-10H2. The highest BCUT2D eigenvalue weighted by atomic mass is 19.1. The zero-order valence-corrected chi connectivity index (χ0v) is 11.2. The molecule has 1 saturated carbocycles. The second-order valence-electron chi connectivity index (χ2n) is 5.44. The maximum Gasteiger partial charge on any atom is 0.242 e. The van der Waals surface area contributed by atoms with Crippen LogP contribution in [0.4, 0.5) is 4.39 Å². The Morgan fingerprint density at radius 1 is 1.20 bits per heavy atom. The van der Waals surface area contributed by atoms with Gasteiger partial charge in [0.15, 0.2) is 0 Å². The third-order valence-corrected chi connectivity index (χ3v) is 3.87. The molecule has 1 aromatic carbocycles. The van der Waals surface area contributed by atoms with Gasteiger partial charge in [-0.3, -0.25) is 9.59 Å². The highest BCUT2D eigenvalue weighted by Gasteiger charge is 2.36. The predicted molar refractivity (Wildman–Crippen MR) is 71.4 cm³/mol. The summed E-state index contributed by atoms with van der Waals surface area (Å²) in [5.74, 6) is -0.332. The lowest BCUT2D eigenvalue weighted by Crippen LogP contribution is -2.53. The van der Waals surface area contributed by atoms with E-state index >= 15 is 0 Å². The number of nitrogens with zero attached hydrogens (tertiary/aromatic N) is 2. The van der Waals surface area contributed by atoms with Crippen LogP contribution in [0.1, 0.15) is 18.4 Å². The summed E-state index contributed by atoms with van der Waals surface area (Å²) >= 11 is 0. The number of carbonyl (C=O) groups excluding carboxylic acids is 2. The summed E-state index contributed by atoms with van der Waals surface area (Å²) in [6.07, 6.45) is 2.40. The van der Waals surface area contributed by atoms with Gasteiger partial charge in [-0.2, -0.15) is 0 Å². The van der Waals surface area contributed by atoms with Crippen molar-refractivity contribution in [2.24, 2.45) is 0 Å². The Balaban J connectivity index is 1.57. The molecule has 0 atom stereocenters. The molecule has 3 rings (SSSR count). The fourth-order valence-electron chi connectivity index (χ4n) is 2.56. The number of hydrogen-bond donors (Lipinski definition) is 0. The molecule has 0 bridgehead atoms. The van der Waals surface area contributed by atoms with Crippen molar-refractivity contribution in [3.63, 3.8) is 0 Å². The van der Waals surface area contributed by atoms with Crippen molar-refractivity contribution in [3.8, 4) is 0 Å².